The summed E-state index contributed by atoms with van der Waals surface area (Å²) in [7, 11) is 0. The molecule has 7 rings (SSSR count). The number of aliphatic hydroxyl groups is 5. The lowest BCUT2D eigenvalue weighted by Crippen LogP contribution is -2.72. The van der Waals surface area contributed by atoms with Gasteiger partial charge in [0.05, 0.1) is 79.6 Å². The Kier molecular flexibility index (Phi) is 13.6. The van der Waals surface area contributed by atoms with Crippen LogP contribution in [0.25, 0.3) is 0 Å². The highest BCUT2D eigenvalue weighted by Crippen LogP contribution is 2.60. The van der Waals surface area contributed by atoms with Crippen molar-refractivity contribution in [1.82, 2.24) is 10.6 Å². The van der Waals surface area contributed by atoms with Gasteiger partial charge in [0.1, 0.15) is 17.5 Å². The quantitative estimate of drug-likeness (QED) is 0.0876. The highest BCUT2D eigenvalue weighted by molar-refractivity contribution is 5.88. The number of hydrogen-bond acceptors (Lipinski definition) is 14. The zero-order chi connectivity index (χ0) is 40.6. The number of Topliss-reactive ketones (excluding diaryl/α,β-unsaturated/α-hetero) is 1. The third-order valence-electron chi connectivity index (χ3n) is 15.5. The first kappa shape index (κ1) is 43.1. The minimum Gasteiger partial charge on any atom is -0.456 e. The molecule has 0 aromatic heterocycles. The van der Waals surface area contributed by atoms with Crippen molar-refractivity contribution in [3.63, 3.8) is 0 Å². The summed E-state index contributed by atoms with van der Waals surface area (Å²) in [4.78, 5) is 28.0. The number of hydrogen-bond donors (Lipinski definition) is 9. The highest BCUT2D eigenvalue weighted by Gasteiger charge is 2.67. The number of ether oxygens (including phenoxy) is 3. The maximum Gasteiger partial charge on any atom is 0.336 e. The zero-order valence-corrected chi connectivity index (χ0v) is 33.8. The molecule has 0 spiro atoms. The van der Waals surface area contributed by atoms with E-state index in [1.807, 2.05) is 6.92 Å². The van der Waals surface area contributed by atoms with Crippen LogP contribution in [0.3, 0.4) is 0 Å². The van der Waals surface area contributed by atoms with Gasteiger partial charge in [0, 0.05) is 30.6 Å². The van der Waals surface area contributed by atoms with Gasteiger partial charge in [0.25, 0.3) is 0 Å². The molecule has 0 aromatic rings. The van der Waals surface area contributed by atoms with E-state index in [2.05, 4.69) is 22.5 Å². The number of carbonyl (C=O) groups is 2. The smallest absolute Gasteiger partial charge is 0.336 e. The van der Waals surface area contributed by atoms with E-state index in [0.29, 0.717) is 51.6 Å². The summed E-state index contributed by atoms with van der Waals surface area (Å²) in [6.07, 6.45) is 2.95. The molecule has 0 radical (unpaired) electrons. The van der Waals surface area contributed by atoms with E-state index < -0.39 is 83.9 Å². The van der Waals surface area contributed by atoms with Crippen LogP contribution in [-0.4, -0.2) is 125 Å². The van der Waals surface area contributed by atoms with E-state index in [1.165, 1.54) is 6.08 Å². The molecule has 0 amide bonds. The second kappa shape index (κ2) is 17.9. The molecule has 0 aromatic carbocycles. The van der Waals surface area contributed by atoms with E-state index in [-0.39, 0.29) is 73.4 Å². The molecule has 11 N–H and O–H groups in total. The van der Waals surface area contributed by atoms with Crippen LogP contribution in [0.2, 0.25) is 0 Å². The summed E-state index contributed by atoms with van der Waals surface area (Å²) in [5.41, 5.74) is 10.8. The van der Waals surface area contributed by atoms with Gasteiger partial charge in [-0.1, -0.05) is 18.4 Å². The normalized spacial score (nSPS) is 47.9. The number of nitrogens with two attached hydrogens (primary N) is 2. The third kappa shape index (κ3) is 8.25. The summed E-state index contributed by atoms with van der Waals surface area (Å²) in [6.45, 7) is 3.83. The Morgan fingerprint density at radius 3 is 2.51 bits per heavy atom. The number of carbonyl (C=O) groups excluding carboxylic acids is 2. The van der Waals surface area contributed by atoms with Gasteiger partial charge in [-0.15, -0.1) is 5.92 Å². The summed E-state index contributed by atoms with van der Waals surface area (Å²) in [5.74, 6) is 3.50. The topological polar surface area (TPSA) is 239 Å². The lowest BCUT2D eigenvalue weighted by atomic mass is 9.48. The standard InChI is InChI=1S/C43H68N4O10/c1-3-24(20-48)41(54)56-32-18-30-38(53)35-31(52)17-29(21-49)55-40(35)36-37(25-11-13-46-34(45)15-25)43(22-50,27-6-4-8-28(51)16-27)12-5-7-26(42(32,2)57-39(30)36)14-23-9-10-33(44)47-19-23/h3,23,25-30,32-40,46-51,53H,4,6-11,13-22,44-45H2,1-2H3/t23?,25?,26-,27?,28?,29?,30?,32+,33?,34?,35?,36?,37?,38?,39?,40?,42+,43+/m1/s1. The number of ketones is 1. The number of allylic oxidation sites excluding steroid dienone is 1. The Balaban J connectivity index is 1.44. The van der Waals surface area contributed by atoms with Crippen LogP contribution in [0.15, 0.2) is 11.6 Å². The Morgan fingerprint density at radius 2 is 1.84 bits per heavy atom. The summed E-state index contributed by atoms with van der Waals surface area (Å²) in [5, 5.41) is 63.0. The monoisotopic (exact) mass is 800 g/mol. The van der Waals surface area contributed by atoms with Crippen LogP contribution >= 0.6 is 0 Å². The molecule has 14 unspecified atom stereocenters. The Labute approximate surface area is 337 Å². The minimum absolute atomic E-state index is 0.0548. The molecular weight excluding hydrogens is 732 g/mol. The summed E-state index contributed by atoms with van der Waals surface area (Å²) >= 11 is 0. The van der Waals surface area contributed by atoms with Gasteiger partial charge >= 0.3 is 5.97 Å². The molecule has 7 aliphatic rings. The Bertz CT molecular complexity index is 1530. The van der Waals surface area contributed by atoms with Crippen molar-refractivity contribution in [2.24, 2.45) is 64.2 Å². The van der Waals surface area contributed by atoms with Crippen molar-refractivity contribution in [2.45, 2.75) is 145 Å². The summed E-state index contributed by atoms with van der Waals surface area (Å²) < 4.78 is 20.8. The van der Waals surface area contributed by atoms with Crippen LogP contribution in [0.1, 0.15) is 90.9 Å². The average molecular weight is 801 g/mol. The predicted octanol–water partition coefficient (Wildman–Crippen LogP) is 0.455. The average Bonchev–Trinajstić information content (AvgIpc) is 3.19. The molecule has 57 heavy (non-hydrogen) atoms. The van der Waals surface area contributed by atoms with Crippen LogP contribution < -0.4 is 22.1 Å². The molecule has 14 heteroatoms. The van der Waals surface area contributed by atoms with Gasteiger partial charge < -0.3 is 61.8 Å². The number of aliphatic hydroxyl groups excluding tert-OH is 5. The van der Waals surface area contributed by atoms with Gasteiger partial charge in [0.2, 0.25) is 0 Å². The van der Waals surface area contributed by atoms with Crippen molar-refractivity contribution in [1.29, 1.82) is 0 Å². The Morgan fingerprint density at radius 1 is 1.04 bits per heavy atom. The largest absolute Gasteiger partial charge is 0.456 e. The van der Waals surface area contributed by atoms with E-state index in [9.17, 15) is 35.1 Å². The molecule has 5 heterocycles. The molecule has 18 atom stereocenters. The Hall–Kier alpha value is -2.00. The van der Waals surface area contributed by atoms with Gasteiger partial charge in [-0.2, -0.15) is 0 Å². The molecule has 320 valence electrons. The molecule has 2 saturated carbocycles. The molecule has 5 aliphatic heterocycles. The first-order valence-corrected chi connectivity index (χ1v) is 21.8. The number of fused-ring (bicyclic) bond motifs is 3. The molecule has 14 nitrogen and oxygen atoms in total. The van der Waals surface area contributed by atoms with E-state index >= 15 is 0 Å². The second-order valence-electron chi connectivity index (χ2n) is 18.7. The summed E-state index contributed by atoms with van der Waals surface area (Å²) in [6, 6.07) is 0. The zero-order valence-electron chi connectivity index (χ0n) is 33.8. The van der Waals surface area contributed by atoms with Crippen LogP contribution in [0.5, 0.6) is 0 Å². The SMILES string of the molecule is CC=C(CO)C(=O)O[C@H]1CC2C(O)C3C(=O)CC(CO)OC3C3C2O[C@@]1(C)[C@@H](CC1CCC(N)NC1)CC#C[C@](CO)(C1CCCC(O)C1)C3C1CCNC(N)C1. The van der Waals surface area contributed by atoms with Crippen LogP contribution in [0.4, 0.5) is 0 Å². The van der Waals surface area contributed by atoms with Gasteiger partial charge in [-0.3, -0.25) is 4.79 Å². The van der Waals surface area contributed by atoms with Gasteiger partial charge in [-0.25, -0.2) is 4.79 Å². The molecule has 2 aliphatic carbocycles. The first-order chi connectivity index (χ1) is 27.4. The molecule has 2 bridgehead atoms. The number of rotatable bonds is 9. The number of nitrogens with one attached hydrogen (secondary N) is 2. The van der Waals surface area contributed by atoms with Gasteiger partial charge in [0.15, 0.2) is 0 Å². The molecule has 6 fully saturated rings. The van der Waals surface area contributed by atoms with E-state index in [1.54, 1.807) is 6.92 Å². The van der Waals surface area contributed by atoms with E-state index in [4.69, 9.17) is 25.7 Å². The van der Waals surface area contributed by atoms with Crippen molar-refractivity contribution in [3.8, 4) is 11.8 Å². The van der Waals surface area contributed by atoms with Crippen molar-refractivity contribution >= 4 is 11.8 Å². The third-order valence-corrected chi connectivity index (χ3v) is 15.5. The lowest BCUT2D eigenvalue weighted by molar-refractivity contribution is -0.308. The van der Waals surface area contributed by atoms with Crippen molar-refractivity contribution in [2.75, 3.05) is 32.9 Å². The molecular formula is C43H68N4O10. The van der Waals surface area contributed by atoms with E-state index in [0.717, 1.165) is 25.7 Å². The minimum atomic E-state index is -1.21. The molecule has 4 saturated heterocycles. The fourth-order valence-corrected chi connectivity index (χ4v) is 12.5. The van der Waals surface area contributed by atoms with Crippen LogP contribution in [-0.2, 0) is 23.8 Å². The maximum absolute atomic E-state index is 14.3. The maximum atomic E-state index is 14.3. The fraction of sp³-hybridized carbons (Fsp3) is 0.860. The van der Waals surface area contributed by atoms with Crippen molar-refractivity contribution < 1.29 is 49.3 Å². The first-order valence-electron chi connectivity index (χ1n) is 21.8. The van der Waals surface area contributed by atoms with Crippen molar-refractivity contribution in [3.05, 3.63) is 11.6 Å². The second-order valence-corrected chi connectivity index (χ2v) is 18.7. The van der Waals surface area contributed by atoms with Crippen LogP contribution in [0, 0.1) is 64.6 Å². The fourth-order valence-electron chi connectivity index (χ4n) is 12.5. The van der Waals surface area contributed by atoms with Gasteiger partial charge in [-0.05, 0) is 108 Å². The highest BCUT2D eigenvalue weighted by atomic mass is 16.6. The number of esters is 1. The predicted molar refractivity (Wildman–Crippen MR) is 209 cm³/mol. The lowest BCUT2D eigenvalue weighted by Gasteiger charge is -2.63. The number of piperidine rings is 2.